The van der Waals surface area contributed by atoms with Crippen LogP contribution in [0.5, 0.6) is 0 Å². The van der Waals surface area contributed by atoms with Crippen molar-refractivity contribution in [3.05, 3.63) is 0 Å². The molecule has 1 saturated carbocycles. The minimum absolute atomic E-state index is 0.527. The summed E-state index contributed by atoms with van der Waals surface area (Å²) in [4.78, 5) is 2.67. The van der Waals surface area contributed by atoms with Gasteiger partial charge in [-0.2, -0.15) is 0 Å². The highest BCUT2D eigenvalue weighted by Crippen LogP contribution is 2.27. The van der Waals surface area contributed by atoms with Crippen LogP contribution in [0.2, 0.25) is 0 Å². The maximum atomic E-state index is 5.74. The Kier molecular flexibility index (Phi) is 6.62. The topological polar surface area (TPSA) is 24.5 Å². The van der Waals surface area contributed by atoms with Crippen LogP contribution in [0.4, 0.5) is 0 Å². The maximum Gasteiger partial charge on any atom is 0.0599 e. The molecule has 2 unspecified atom stereocenters. The molecule has 1 heterocycles. The van der Waals surface area contributed by atoms with Crippen LogP contribution >= 0.6 is 0 Å². The van der Waals surface area contributed by atoms with Gasteiger partial charge in [0, 0.05) is 32.3 Å². The fourth-order valence-corrected chi connectivity index (χ4v) is 3.68. The first-order valence-electron chi connectivity index (χ1n) is 8.40. The second-order valence-electron chi connectivity index (χ2n) is 6.21. The molecule has 0 aromatic rings. The molecular weight excluding hydrogens is 236 g/mol. The van der Waals surface area contributed by atoms with Crippen molar-refractivity contribution >= 4 is 0 Å². The highest BCUT2D eigenvalue weighted by atomic mass is 16.5. The van der Waals surface area contributed by atoms with Crippen LogP contribution in [-0.4, -0.2) is 49.8 Å². The van der Waals surface area contributed by atoms with Crippen LogP contribution in [-0.2, 0) is 4.74 Å². The minimum atomic E-state index is 0.527. The number of piperidine rings is 1. The summed E-state index contributed by atoms with van der Waals surface area (Å²) in [5.74, 6) is 0.884. The van der Waals surface area contributed by atoms with E-state index in [-0.39, 0.29) is 0 Å². The highest BCUT2D eigenvalue weighted by Gasteiger charge is 2.29. The number of likely N-dealkylation sites (tertiary alicyclic amines) is 1. The van der Waals surface area contributed by atoms with Gasteiger partial charge < -0.3 is 15.0 Å². The largest absolute Gasteiger partial charge is 0.378 e. The number of nitrogens with one attached hydrogen (secondary N) is 1. The van der Waals surface area contributed by atoms with Crippen molar-refractivity contribution in [3.8, 4) is 0 Å². The first-order chi connectivity index (χ1) is 9.33. The molecule has 0 amide bonds. The van der Waals surface area contributed by atoms with Crippen LogP contribution in [0, 0.1) is 5.92 Å². The van der Waals surface area contributed by atoms with Gasteiger partial charge in [-0.3, -0.25) is 0 Å². The first kappa shape index (κ1) is 15.3. The monoisotopic (exact) mass is 268 g/mol. The van der Waals surface area contributed by atoms with Gasteiger partial charge in [-0.15, -0.1) is 0 Å². The molecule has 0 radical (unpaired) electrons. The van der Waals surface area contributed by atoms with Crippen LogP contribution in [0.25, 0.3) is 0 Å². The first-order valence-corrected chi connectivity index (χ1v) is 8.40. The van der Waals surface area contributed by atoms with Gasteiger partial charge >= 0.3 is 0 Å². The molecule has 3 nitrogen and oxygen atoms in total. The number of ether oxygens (including phenoxy) is 1. The van der Waals surface area contributed by atoms with Crippen molar-refractivity contribution in [2.45, 2.75) is 64.5 Å². The van der Waals surface area contributed by atoms with E-state index < -0.39 is 0 Å². The fraction of sp³-hybridized carbons (Fsp3) is 1.00. The average Bonchev–Trinajstić information content (AvgIpc) is 2.86. The van der Waals surface area contributed by atoms with Gasteiger partial charge in [0.1, 0.15) is 0 Å². The van der Waals surface area contributed by atoms with Crippen LogP contribution in [0.1, 0.15) is 52.4 Å². The molecule has 2 aliphatic rings. The molecular formula is C16H32N2O. The Hall–Kier alpha value is -0.120. The molecule has 0 aromatic carbocycles. The molecule has 2 atom stereocenters. The molecule has 19 heavy (non-hydrogen) atoms. The number of rotatable bonds is 7. The zero-order valence-corrected chi connectivity index (χ0v) is 12.9. The van der Waals surface area contributed by atoms with Gasteiger partial charge in [-0.25, -0.2) is 0 Å². The predicted molar refractivity (Wildman–Crippen MR) is 80.5 cm³/mol. The maximum absolute atomic E-state index is 5.74. The van der Waals surface area contributed by atoms with Crippen LogP contribution in [0.15, 0.2) is 0 Å². The third-order valence-electron chi connectivity index (χ3n) is 4.75. The molecule has 2 rings (SSSR count). The smallest absolute Gasteiger partial charge is 0.0599 e. The molecule has 3 heteroatoms. The molecule has 0 aromatic heterocycles. The highest BCUT2D eigenvalue weighted by molar-refractivity contribution is 4.86. The van der Waals surface area contributed by atoms with Crippen LogP contribution in [0.3, 0.4) is 0 Å². The van der Waals surface area contributed by atoms with Crippen molar-refractivity contribution in [2.75, 3.05) is 32.8 Å². The Labute approximate surface area is 119 Å². The Morgan fingerprint density at radius 3 is 2.58 bits per heavy atom. The van der Waals surface area contributed by atoms with Crippen LogP contribution < -0.4 is 5.32 Å². The fourth-order valence-electron chi connectivity index (χ4n) is 3.68. The van der Waals surface area contributed by atoms with Crippen molar-refractivity contribution in [1.82, 2.24) is 10.2 Å². The molecule has 1 saturated heterocycles. The summed E-state index contributed by atoms with van der Waals surface area (Å²) < 4.78 is 5.74. The lowest BCUT2D eigenvalue weighted by molar-refractivity contribution is 0.0104. The van der Waals surface area contributed by atoms with Crippen molar-refractivity contribution in [2.24, 2.45) is 5.92 Å². The van der Waals surface area contributed by atoms with E-state index in [1.807, 2.05) is 0 Å². The van der Waals surface area contributed by atoms with E-state index in [1.165, 1.54) is 64.7 Å². The summed E-state index contributed by atoms with van der Waals surface area (Å²) >= 11 is 0. The minimum Gasteiger partial charge on any atom is -0.378 e. The average molecular weight is 268 g/mol. The third-order valence-corrected chi connectivity index (χ3v) is 4.75. The van der Waals surface area contributed by atoms with Gasteiger partial charge in [0.05, 0.1) is 6.10 Å². The summed E-state index contributed by atoms with van der Waals surface area (Å²) in [7, 11) is 0. The van der Waals surface area contributed by atoms with E-state index >= 15 is 0 Å². The van der Waals surface area contributed by atoms with E-state index in [1.54, 1.807) is 0 Å². The Morgan fingerprint density at radius 1 is 1.11 bits per heavy atom. The van der Waals surface area contributed by atoms with E-state index in [9.17, 15) is 0 Å². The second kappa shape index (κ2) is 8.23. The Balaban J connectivity index is 1.69. The lowest BCUT2D eigenvalue weighted by Crippen LogP contribution is -2.43. The van der Waals surface area contributed by atoms with Gasteiger partial charge in [-0.1, -0.05) is 13.3 Å². The summed E-state index contributed by atoms with van der Waals surface area (Å²) in [5, 5.41) is 3.75. The van der Waals surface area contributed by atoms with E-state index in [0.29, 0.717) is 6.10 Å². The third kappa shape index (κ3) is 4.73. The molecule has 1 aliphatic heterocycles. The quantitative estimate of drug-likeness (QED) is 0.768. The normalized spacial score (nSPS) is 30.0. The Morgan fingerprint density at radius 2 is 1.89 bits per heavy atom. The molecule has 112 valence electrons. The van der Waals surface area contributed by atoms with Gasteiger partial charge in [0.25, 0.3) is 0 Å². The zero-order chi connectivity index (χ0) is 13.5. The standard InChI is InChI=1S/C16H32N2O/c1-3-10-17-16-7-5-6-14(16)13-18-11-8-15(9-12-18)19-4-2/h14-17H,3-13H2,1-2H3. The van der Waals surface area contributed by atoms with Gasteiger partial charge in [0.15, 0.2) is 0 Å². The second-order valence-corrected chi connectivity index (χ2v) is 6.21. The summed E-state index contributed by atoms with van der Waals surface area (Å²) in [6.07, 6.45) is 8.47. The van der Waals surface area contributed by atoms with E-state index in [4.69, 9.17) is 4.74 Å². The predicted octanol–water partition coefficient (Wildman–Crippen LogP) is 2.66. The molecule has 0 bridgehead atoms. The summed E-state index contributed by atoms with van der Waals surface area (Å²) in [6.45, 7) is 10.2. The lowest BCUT2D eigenvalue weighted by atomic mass is 10.00. The molecule has 0 spiro atoms. The summed E-state index contributed by atoms with van der Waals surface area (Å²) in [6, 6.07) is 0.782. The molecule has 1 aliphatic carbocycles. The molecule has 1 N–H and O–H groups in total. The van der Waals surface area contributed by atoms with Crippen molar-refractivity contribution in [3.63, 3.8) is 0 Å². The SMILES string of the molecule is CCCNC1CCCC1CN1CCC(OCC)CC1. The number of hydrogen-bond acceptors (Lipinski definition) is 3. The van der Waals surface area contributed by atoms with E-state index in [2.05, 4.69) is 24.1 Å². The number of hydrogen-bond donors (Lipinski definition) is 1. The zero-order valence-electron chi connectivity index (χ0n) is 12.9. The number of nitrogens with zero attached hydrogens (tertiary/aromatic N) is 1. The van der Waals surface area contributed by atoms with Gasteiger partial charge in [-0.05, 0) is 51.5 Å². The van der Waals surface area contributed by atoms with Crippen molar-refractivity contribution in [1.29, 1.82) is 0 Å². The van der Waals surface area contributed by atoms with Gasteiger partial charge in [0.2, 0.25) is 0 Å². The lowest BCUT2D eigenvalue weighted by Gasteiger charge is -2.34. The molecule has 2 fully saturated rings. The Bertz CT molecular complexity index is 239. The van der Waals surface area contributed by atoms with E-state index in [0.717, 1.165) is 18.6 Å². The summed E-state index contributed by atoms with van der Waals surface area (Å²) in [5.41, 5.74) is 0. The van der Waals surface area contributed by atoms with Crippen molar-refractivity contribution < 1.29 is 4.74 Å².